The molecule has 43 heavy (non-hydrogen) atoms. The van der Waals surface area contributed by atoms with Crippen LogP contribution in [-0.4, -0.2) is 26.6 Å². The van der Waals surface area contributed by atoms with Crippen molar-refractivity contribution in [3.05, 3.63) is 106 Å². The Balaban J connectivity index is 1.41. The van der Waals surface area contributed by atoms with E-state index < -0.39 is 83.0 Å². The van der Waals surface area contributed by atoms with E-state index in [1.165, 1.54) is 24.4 Å². The summed E-state index contributed by atoms with van der Waals surface area (Å²) in [5.41, 5.74) is 3.24. The number of primary amides is 1. The van der Waals surface area contributed by atoms with Crippen LogP contribution in [0.3, 0.4) is 0 Å². The molecule has 2 aromatic heterocycles. The first-order chi connectivity index (χ1) is 20.4. The van der Waals surface area contributed by atoms with Crippen LogP contribution in [0.5, 0.6) is 0 Å². The Kier molecular flexibility index (Phi) is 6.74. The van der Waals surface area contributed by atoms with Crippen LogP contribution in [0.25, 0.3) is 11.1 Å². The Morgan fingerprint density at radius 2 is 1.77 bits per heavy atom. The minimum atomic E-state index is -3.47. The Hall–Kier alpha value is -4.75. The van der Waals surface area contributed by atoms with Crippen LogP contribution in [0.2, 0.25) is 0 Å². The van der Waals surface area contributed by atoms with Gasteiger partial charge in [-0.3, -0.25) is 19.3 Å². The number of rotatable bonds is 8. The van der Waals surface area contributed by atoms with E-state index in [4.69, 9.17) is 5.73 Å². The molecular weight excluding hydrogens is 583 g/mol. The van der Waals surface area contributed by atoms with Gasteiger partial charge in [0.25, 0.3) is 18.3 Å². The van der Waals surface area contributed by atoms with Crippen molar-refractivity contribution in [1.82, 2.24) is 20.1 Å². The molecule has 4 aromatic rings. The summed E-state index contributed by atoms with van der Waals surface area (Å²) in [6.07, 6.45) is -1.81. The van der Waals surface area contributed by atoms with E-state index in [9.17, 15) is 31.5 Å². The second kappa shape index (κ2) is 10.2. The molecule has 0 spiro atoms. The molecule has 0 radical (unpaired) electrons. The van der Waals surface area contributed by atoms with Crippen molar-refractivity contribution in [2.45, 2.75) is 37.3 Å². The number of fused-ring (bicyclic) bond motifs is 3. The molecule has 0 unspecified atom stereocenters. The second-order valence-electron chi connectivity index (χ2n) is 10.4. The van der Waals surface area contributed by atoms with Crippen molar-refractivity contribution in [3.8, 4) is 11.1 Å². The number of hydrogen-bond donors (Lipinski definition) is 2. The predicted molar refractivity (Wildman–Crippen MR) is 136 cm³/mol. The van der Waals surface area contributed by atoms with Gasteiger partial charge in [0.15, 0.2) is 0 Å². The highest BCUT2D eigenvalue weighted by Gasteiger charge is 2.67. The summed E-state index contributed by atoms with van der Waals surface area (Å²) in [6.45, 7) is -0.914. The fourth-order valence-corrected chi connectivity index (χ4v) is 5.74. The third kappa shape index (κ3) is 4.89. The number of hydrogen-bond acceptors (Lipinski definition) is 4. The number of carbonyl (C=O) groups excluding carboxylic acids is 2. The topological polar surface area (TPSA) is 103 Å². The van der Waals surface area contributed by atoms with Gasteiger partial charge in [-0.2, -0.15) is 13.9 Å². The maximum absolute atomic E-state index is 15.0. The van der Waals surface area contributed by atoms with Crippen molar-refractivity contribution >= 4 is 11.8 Å². The number of amides is 2. The van der Waals surface area contributed by atoms with Gasteiger partial charge < -0.3 is 11.1 Å². The Bertz CT molecular complexity index is 1770. The Morgan fingerprint density at radius 3 is 2.44 bits per heavy atom. The van der Waals surface area contributed by atoms with Crippen molar-refractivity contribution in [3.63, 3.8) is 0 Å². The number of alkyl halides is 4. The zero-order valence-corrected chi connectivity index (χ0v) is 21.8. The number of benzene rings is 2. The van der Waals surface area contributed by atoms with Gasteiger partial charge in [-0.1, -0.05) is 12.1 Å². The lowest BCUT2D eigenvalue weighted by Gasteiger charge is -2.23. The summed E-state index contributed by atoms with van der Waals surface area (Å²) in [6, 6.07) is 7.35. The van der Waals surface area contributed by atoms with Crippen LogP contribution in [0.1, 0.15) is 63.4 Å². The lowest BCUT2D eigenvalue weighted by atomic mass is 9.94. The van der Waals surface area contributed by atoms with E-state index in [0.29, 0.717) is 10.7 Å². The fourth-order valence-electron chi connectivity index (χ4n) is 5.74. The quantitative estimate of drug-likeness (QED) is 0.259. The summed E-state index contributed by atoms with van der Waals surface area (Å²) in [5.74, 6) is -10.4. The van der Waals surface area contributed by atoms with Crippen LogP contribution in [0.15, 0.2) is 54.7 Å². The van der Waals surface area contributed by atoms with Crippen molar-refractivity contribution in [2.24, 2.45) is 11.7 Å². The molecule has 14 heteroatoms. The number of halogens is 7. The van der Waals surface area contributed by atoms with E-state index in [1.807, 2.05) is 0 Å². The minimum Gasteiger partial charge on any atom is -0.366 e. The number of nitrogens with two attached hydrogens (primary N) is 1. The van der Waals surface area contributed by atoms with E-state index >= 15 is 8.78 Å². The number of nitrogens with one attached hydrogen (secondary N) is 1. The molecule has 0 bridgehead atoms. The molecule has 2 heterocycles. The zero-order chi connectivity index (χ0) is 30.8. The first-order valence-corrected chi connectivity index (χ1v) is 12.9. The number of aromatic nitrogens is 3. The van der Waals surface area contributed by atoms with Crippen molar-refractivity contribution in [2.75, 3.05) is 0 Å². The molecule has 3 N–H and O–H groups in total. The van der Waals surface area contributed by atoms with E-state index in [-0.39, 0.29) is 34.4 Å². The lowest BCUT2D eigenvalue weighted by Crippen LogP contribution is -2.34. The first-order valence-electron chi connectivity index (χ1n) is 12.9. The Labute approximate surface area is 238 Å². The molecule has 2 amide bonds. The standard InChI is InChI=1S/C29H20F7N5O2/c30-14-6-13(7-15(31)9-14)23(24-16(2-1-5-38-24)12-3-4-20(32)18(8-12)28(37)43)39-21(42)11-41-26-22(25(40-41)27(33)34)17-10-19(17)29(26,35)36/h1-9,17,19,23,27H,10-11H2,(H2,37,43)(H,39,42)/t17-,19+,23-/m0/s1. The van der Waals surface area contributed by atoms with Crippen molar-refractivity contribution < 1.29 is 40.3 Å². The smallest absolute Gasteiger partial charge is 0.293 e. The molecule has 1 fully saturated rings. The Morgan fingerprint density at radius 1 is 1.05 bits per heavy atom. The summed E-state index contributed by atoms with van der Waals surface area (Å²) >= 11 is 0. The summed E-state index contributed by atoms with van der Waals surface area (Å²) in [7, 11) is 0. The van der Waals surface area contributed by atoms with E-state index in [1.54, 1.807) is 0 Å². The second-order valence-corrected chi connectivity index (χ2v) is 10.4. The van der Waals surface area contributed by atoms with Gasteiger partial charge in [-0.15, -0.1) is 0 Å². The van der Waals surface area contributed by atoms with Gasteiger partial charge in [0.05, 0.1) is 17.3 Å². The number of pyridine rings is 1. The van der Waals surface area contributed by atoms with Gasteiger partial charge in [-0.25, -0.2) is 22.0 Å². The van der Waals surface area contributed by atoms with Gasteiger partial charge >= 0.3 is 0 Å². The van der Waals surface area contributed by atoms with E-state index in [0.717, 1.165) is 24.3 Å². The molecule has 7 nitrogen and oxygen atoms in total. The fraction of sp³-hybridized carbons (Fsp3) is 0.241. The third-order valence-corrected chi connectivity index (χ3v) is 7.64. The maximum Gasteiger partial charge on any atom is 0.293 e. The number of carbonyl (C=O) groups is 2. The minimum absolute atomic E-state index is 0.0200. The monoisotopic (exact) mass is 603 g/mol. The van der Waals surface area contributed by atoms with Gasteiger partial charge in [0.1, 0.15) is 35.4 Å². The highest BCUT2D eigenvalue weighted by atomic mass is 19.3. The largest absolute Gasteiger partial charge is 0.366 e. The normalized spacial score (nSPS) is 18.7. The SMILES string of the molecule is NC(=O)c1cc(-c2cccnc2[C@@H](NC(=O)Cn2nc(C(F)F)c3c2C(F)(F)[C@@H]2C[C@H]32)c2cc(F)cc(F)c2)ccc1F. The molecule has 3 atom stereocenters. The lowest BCUT2D eigenvalue weighted by molar-refractivity contribution is -0.122. The van der Waals surface area contributed by atoms with Crippen LogP contribution >= 0.6 is 0 Å². The molecule has 6 rings (SSSR count). The highest BCUT2D eigenvalue weighted by Crippen LogP contribution is 2.68. The predicted octanol–water partition coefficient (Wildman–Crippen LogP) is 5.51. The maximum atomic E-state index is 15.0. The highest BCUT2D eigenvalue weighted by molar-refractivity contribution is 5.94. The van der Waals surface area contributed by atoms with Gasteiger partial charge in [-0.05, 0) is 53.8 Å². The molecule has 0 aliphatic heterocycles. The molecule has 0 saturated heterocycles. The molecule has 2 aliphatic carbocycles. The van der Waals surface area contributed by atoms with Gasteiger partial charge in [0, 0.05) is 29.3 Å². The van der Waals surface area contributed by atoms with Crippen LogP contribution < -0.4 is 11.1 Å². The zero-order valence-electron chi connectivity index (χ0n) is 21.8. The summed E-state index contributed by atoms with van der Waals surface area (Å²) in [4.78, 5) is 29.3. The summed E-state index contributed by atoms with van der Waals surface area (Å²) in [5, 5.41) is 6.13. The molecule has 2 aliphatic rings. The first kappa shape index (κ1) is 28.4. The third-order valence-electron chi connectivity index (χ3n) is 7.64. The molecular formula is C29H20F7N5O2. The van der Waals surface area contributed by atoms with Crippen LogP contribution in [-0.2, 0) is 17.3 Å². The number of nitrogens with zero attached hydrogens (tertiary/aromatic N) is 3. The van der Waals surface area contributed by atoms with Crippen LogP contribution in [0, 0.1) is 23.4 Å². The molecule has 222 valence electrons. The van der Waals surface area contributed by atoms with Gasteiger partial charge in [0.2, 0.25) is 5.91 Å². The average molecular weight is 603 g/mol. The van der Waals surface area contributed by atoms with E-state index in [2.05, 4.69) is 15.4 Å². The summed E-state index contributed by atoms with van der Waals surface area (Å²) < 4.78 is 101. The average Bonchev–Trinajstić information content (AvgIpc) is 3.60. The van der Waals surface area contributed by atoms with Crippen molar-refractivity contribution in [1.29, 1.82) is 0 Å². The molecule has 2 aromatic carbocycles. The van der Waals surface area contributed by atoms with Crippen LogP contribution in [0.4, 0.5) is 30.7 Å². The molecule has 1 saturated carbocycles.